The lowest BCUT2D eigenvalue weighted by Gasteiger charge is -2.53. The fourth-order valence-corrected chi connectivity index (χ4v) is 11.9. The molecule has 0 saturated carbocycles. The minimum Gasteiger partial charge on any atom is -0.394 e. The molecule has 0 aromatic rings. The van der Waals surface area contributed by atoms with Crippen molar-refractivity contribution in [3.63, 3.8) is 0 Å². The van der Waals surface area contributed by atoms with Crippen LogP contribution in [-0.2, 0) is 80.6 Å². The van der Waals surface area contributed by atoms with Crippen molar-refractivity contribution in [2.45, 2.75) is 294 Å². The van der Waals surface area contributed by atoms with E-state index in [1.165, 1.54) is 34.6 Å². The summed E-state index contributed by atoms with van der Waals surface area (Å²) in [5.41, 5.74) is 0. The number of rotatable bonds is 19. The van der Waals surface area contributed by atoms with E-state index in [0.717, 1.165) is 13.8 Å². The molecule has 0 bridgehead atoms. The van der Waals surface area contributed by atoms with E-state index in [1.807, 2.05) is 0 Å². The van der Waals surface area contributed by atoms with E-state index < -0.39 is 277 Å². The van der Waals surface area contributed by atoms with Gasteiger partial charge in [0.2, 0.25) is 11.8 Å². The zero-order valence-corrected chi connectivity index (χ0v) is 49.7. The van der Waals surface area contributed by atoms with E-state index in [-0.39, 0.29) is 0 Å². The first-order valence-corrected chi connectivity index (χ1v) is 29.4. The van der Waals surface area contributed by atoms with Gasteiger partial charge in [0.05, 0.1) is 50.3 Å². The lowest BCUT2D eigenvalue weighted by atomic mass is 9.93. The summed E-state index contributed by atoms with van der Waals surface area (Å²) in [6.07, 6.45) is -70.9. The van der Waals surface area contributed by atoms with E-state index in [9.17, 15) is 107 Å². The Balaban J connectivity index is 1.19. The molecule has 0 aliphatic carbocycles. The van der Waals surface area contributed by atoms with Crippen molar-refractivity contribution < 1.29 is 178 Å². The number of amides is 2. The number of hydrogen-bond acceptors (Lipinski definition) is 36. The van der Waals surface area contributed by atoms with Gasteiger partial charge in [-0.05, 0) is 34.6 Å². The average molecular weight is 1320 g/mol. The molecular weight excluding hydrogens is 1230 g/mol. The largest absolute Gasteiger partial charge is 0.394 e. The fraction of sp³-hybridized carbons (Fsp3) is 0.962. The Morgan fingerprint density at radius 1 is 0.289 bits per heavy atom. The topological polar surface area (TPSA) is 581 Å². The molecule has 8 rings (SSSR count). The first-order chi connectivity index (χ1) is 42.3. The van der Waals surface area contributed by atoms with Gasteiger partial charge in [0.1, 0.15) is 165 Å². The molecule has 522 valence electrons. The lowest BCUT2D eigenvalue weighted by molar-refractivity contribution is -0.405. The van der Waals surface area contributed by atoms with Crippen molar-refractivity contribution in [3.05, 3.63) is 0 Å². The summed E-state index contributed by atoms with van der Waals surface area (Å²) in [5, 5.41) is 215. The highest BCUT2D eigenvalue weighted by atomic mass is 16.8. The number of aliphatic hydroxyl groups excluding tert-OH is 19. The van der Waals surface area contributed by atoms with Gasteiger partial charge < -0.3 is 179 Å². The van der Waals surface area contributed by atoms with Crippen LogP contribution in [0, 0.1) is 0 Å². The van der Waals surface area contributed by atoms with E-state index in [0.29, 0.717) is 0 Å². The molecule has 8 aliphatic heterocycles. The lowest BCUT2D eigenvalue weighted by Crippen LogP contribution is -2.72. The maximum Gasteiger partial charge on any atom is 0.217 e. The van der Waals surface area contributed by atoms with Crippen LogP contribution in [-0.4, -0.2) is 374 Å². The van der Waals surface area contributed by atoms with E-state index in [2.05, 4.69) is 10.6 Å². The molecule has 38 nitrogen and oxygen atoms in total. The van der Waals surface area contributed by atoms with Gasteiger partial charge in [-0.15, -0.1) is 0 Å². The van der Waals surface area contributed by atoms with Gasteiger partial charge in [-0.3, -0.25) is 9.59 Å². The summed E-state index contributed by atoms with van der Waals surface area (Å²) in [5.74, 6) is -1.84. The number of hydrogen-bond donors (Lipinski definition) is 21. The number of ether oxygens (including phenoxy) is 15. The van der Waals surface area contributed by atoms with Crippen molar-refractivity contribution in [2.75, 3.05) is 19.8 Å². The molecule has 8 fully saturated rings. The summed E-state index contributed by atoms with van der Waals surface area (Å²) in [4.78, 5) is 26.8. The molecule has 21 N–H and O–H groups in total. The highest BCUT2D eigenvalue weighted by Gasteiger charge is 2.60. The van der Waals surface area contributed by atoms with Crippen LogP contribution in [0.1, 0.15) is 48.5 Å². The van der Waals surface area contributed by atoms with Gasteiger partial charge in [-0.1, -0.05) is 0 Å². The Hall–Kier alpha value is -2.42. The fourth-order valence-electron chi connectivity index (χ4n) is 11.9. The molecule has 90 heavy (non-hydrogen) atoms. The summed E-state index contributed by atoms with van der Waals surface area (Å²) in [6.45, 7) is 5.24. The Labute approximate surface area is 513 Å². The van der Waals surface area contributed by atoms with Crippen molar-refractivity contribution in [1.82, 2.24) is 10.6 Å². The standard InChI is InChI=1S/C52H88N2O36/c1-11-23(60)30(67)35(72)48(76-11)88-42-32(69)25(62)13(3)78-50(42)85-39-21(53-16(6)58)46(82-19(9-56)28(39)65)84-38-20(10-57)83-47(87-41-29(66)18(8-55)81-45(75)37(41)74)22(54-17(7)59)40(38)86-51-44(34(71)27(64)14(4)79-51)90-52-43(33(70)26(63)15(5)80-52)89-49-36(73)31(68)24(61)12(2)77-49/h11-15,18-52,55-57,60-75H,8-10H2,1-7H3,(H,53,58)(H,54,59)/t11-,12-,13-,14-,15-,18+,19+,20+,21+,22+,23+,24+,25+,26+,27+,28-,29-,30+,31+,32+,33+,34+,35-,36-,37+,38-,39+,40+,41-,42-,43-,44-,45-,46-,47-,48-,49-,50-,51-,52-/m0/s1. The molecule has 2 amide bonds. The summed E-state index contributed by atoms with van der Waals surface area (Å²) < 4.78 is 90.5. The minimum absolute atomic E-state index is 0.904. The maximum atomic E-state index is 13.5. The monoisotopic (exact) mass is 1320 g/mol. The van der Waals surface area contributed by atoms with Crippen LogP contribution in [0.25, 0.3) is 0 Å². The molecule has 8 heterocycles. The zero-order valence-electron chi connectivity index (χ0n) is 49.7. The van der Waals surface area contributed by atoms with Crippen LogP contribution in [0.3, 0.4) is 0 Å². The van der Waals surface area contributed by atoms with E-state index in [1.54, 1.807) is 0 Å². The Morgan fingerprint density at radius 2 is 0.578 bits per heavy atom. The summed E-state index contributed by atoms with van der Waals surface area (Å²) in [6, 6.07) is -3.83. The van der Waals surface area contributed by atoms with Crippen LogP contribution in [0.2, 0.25) is 0 Å². The first kappa shape index (κ1) is 73.4. The third kappa shape index (κ3) is 15.4. The first-order valence-electron chi connectivity index (χ1n) is 29.4. The second kappa shape index (κ2) is 30.8. The molecule has 0 radical (unpaired) electrons. The number of aliphatic hydroxyl groups is 19. The normalized spacial score (nSPS) is 53.0. The second-order valence-electron chi connectivity index (χ2n) is 23.8. The third-order valence-electron chi connectivity index (χ3n) is 17.3. The Kier molecular flexibility index (Phi) is 25.1. The smallest absolute Gasteiger partial charge is 0.217 e. The molecule has 8 aliphatic rings. The van der Waals surface area contributed by atoms with Gasteiger partial charge in [-0.25, -0.2) is 0 Å². The molecule has 0 aromatic heterocycles. The number of carbonyl (C=O) groups excluding carboxylic acids is 2. The van der Waals surface area contributed by atoms with Crippen molar-refractivity contribution >= 4 is 11.8 Å². The van der Waals surface area contributed by atoms with E-state index >= 15 is 0 Å². The van der Waals surface area contributed by atoms with Gasteiger partial charge in [0.15, 0.2) is 50.3 Å². The predicted molar refractivity (Wildman–Crippen MR) is 281 cm³/mol. The molecular formula is C52H88N2O36. The SMILES string of the molecule is CC(=O)N[C@H]1[C@H](O[C@@H]2[C@@H](O)[C@@H](O)O[C@H](CO)[C@@H]2O)O[C@H](CO)[C@H](O[C@@H]2O[C@H](CO)[C@H](O)[C@H](O[C@@H]3O[C@@H](C)[C@@H](O)[C@@H](O)[C@@H]3O[C@@H]3O[C@@H](C)[C@@H](O)[C@@H](O)[C@@H]3O)[C@H]2NC(C)=O)[C@@H]1O[C@@H]1O[C@@H](C)[C@@H](O)[C@@H](O)[C@@H]1O[C@@H]1O[C@@H](C)[C@@H](O)[C@@H](O)[C@@H]1O[C@@H]1O[C@@H](C)[C@@H](O)[C@@H](O)[C@@H]1O. The Bertz CT molecular complexity index is 2300. The minimum atomic E-state index is -2.15. The molecule has 0 spiro atoms. The maximum absolute atomic E-state index is 13.5. The van der Waals surface area contributed by atoms with Gasteiger partial charge in [-0.2, -0.15) is 0 Å². The van der Waals surface area contributed by atoms with Gasteiger partial charge >= 0.3 is 0 Å². The molecule has 8 saturated heterocycles. The highest BCUT2D eigenvalue weighted by molar-refractivity contribution is 5.73. The van der Waals surface area contributed by atoms with Gasteiger partial charge in [0, 0.05) is 13.8 Å². The number of nitrogens with one attached hydrogen (secondary N) is 2. The number of carbonyl (C=O) groups is 2. The molecule has 40 atom stereocenters. The van der Waals surface area contributed by atoms with Crippen molar-refractivity contribution in [2.24, 2.45) is 0 Å². The van der Waals surface area contributed by atoms with Crippen molar-refractivity contribution in [1.29, 1.82) is 0 Å². The van der Waals surface area contributed by atoms with Crippen LogP contribution in [0.15, 0.2) is 0 Å². The van der Waals surface area contributed by atoms with Crippen LogP contribution in [0.5, 0.6) is 0 Å². The third-order valence-corrected chi connectivity index (χ3v) is 17.3. The van der Waals surface area contributed by atoms with Crippen LogP contribution < -0.4 is 10.6 Å². The van der Waals surface area contributed by atoms with Gasteiger partial charge in [0.25, 0.3) is 0 Å². The summed E-state index contributed by atoms with van der Waals surface area (Å²) >= 11 is 0. The highest BCUT2D eigenvalue weighted by Crippen LogP contribution is 2.40. The second-order valence-corrected chi connectivity index (χ2v) is 23.8. The summed E-state index contributed by atoms with van der Waals surface area (Å²) in [7, 11) is 0. The molecule has 38 heteroatoms. The Morgan fingerprint density at radius 3 is 0.967 bits per heavy atom. The molecule has 0 aromatic carbocycles. The predicted octanol–water partition coefficient (Wildman–Crippen LogP) is -13.0. The average Bonchev–Trinajstić information content (AvgIpc) is 0.849. The van der Waals surface area contributed by atoms with E-state index in [4.69, 9.17) is 71.1 Å². The van der Waals surface area contributed by atoms with Crippen LogP contribution >= 0.6 is 0 Å². The molecule has 0 unspecified atom stereocenters. The van der Waals surface area contributed by atoms with Crippen LogP contribution in [0.4, 0.5) is 0 Å². The zero-order chi connectivity index (χ0) is 66.4. The quantitative estimate of drug-likeness (QED) is 0.0571. The van der Waals surface area contributed by atoms with Crippen molar-refractivity contribution in [3.8, 4) is 0 Å².